The summed E-state index contributed by atoms with van der Waals surface area (Å²) in [4.78, 5) is 10.9. The third-order valence-electron chi connectivity index (χ3n) is 1.79. The van der Waals surface area contributed by atoms with E-state index in [2.05, 4.69) is 0 Å². The lowest BCUT2D eigenvalue weighted by Gasteiger charge is -2.18. The summed E-state index contributed by atoms with van der Waals surface area (Å²) in [6, 6.07) is 3.80. The minimum Gasteiger partial charge on any atom is -0.299 e. The summed E-state index contributed by atoms with van der Waals surface area (Å²) in [7, 11) is 0. The molecule has 11 heavy (non-hydrogen) atoms. The molecule has 0 spiro atoms. The van der Waals surface area contributed by atoms with E-state index in [-0.39, 0.29) is 18.6 Å². The SMILES string of the molecule is CC(=O)C(C)(CC#N)CC#N. The molecule has 0 saturated heterocycles. The van der Waals surface area contributed by atoms with Crippen molar-refractivity contribution in [3.8, 4) is 12.1 Å². The highest BCUT2D eigenvalue weighted by molar-refractivity contribution is 5.82. The Morgan fingerprint density at radius 3 is 1.91 bits per heavy atom. The molecule has 3 nitrogen and oxygen atoms in total. The van der Waals surface area contributed by atoms with Gasteiger partial charge in [-0.15, -0.1) is 0 Å². The fourth-order valence-electron chi connectivity index (χ4n) is 0.660. The highest BCUT2D eigenvalue weighted by atomic mass is 16.1. The van der Waals surface area contributed by atoms with Crippen molar-refractivity contribution in [2.45, 2.75) is 26.7 Å². The van der Waals surface area contributed by atoms with Gasteiger partial charge in [-0.3, -0.25) is 4.79 Å². The Labute approximate surface area is 66.2 Å². The van der Waals surface area contributed by atoms with Gasteiger partial charge in [-0.2, -0.15) is 10.5 Å². The third kappa shape index (κ3) is 2.39. The smallest absolute Gasteiger partial charge is 0.137 e. The van der Waals surface area contributed by atoms with Crippen molar-refractivity contribution < 1.29 is 4.79 Å². The number of carbonyl (C=O) groups is 1. The lowest BCUT2D eigenvalue weighted by molar-refractivity contribution is -0.125. The van der Waals surface area contributed by atoms with Gasteiger partial charge in [0.1, 0.15) is 5.78 Å². The first-order valence-electron chi connectivity index (χ1n) is 3.32. The predicted octanol–water partition coefficient (Wildman–Crippen LogP) is 1.41. The van der Waals surface area contributed by atoms with Crippen molar-refractivity contribution in [3.05, 3.63) is 0 Å². The van der Waals surface area contributed by atoms with Crippen LogP contribution in [0.2, 0.25) is 0 Å². The monoisotopic (exact) mass is 150 g/mol. The van der Waals surface area contributed by atoms with Crippen LogP contribution in [0.4, 0.5) is 0 Å². The van der Waals surface area contributed by atoms with Crippen LogP contribution < -0.4 is 0 Å². The maximum atomic E-state index is 10.9. The van der Waals surface area contributed by atoms with E-state index < -0.39 is 5.41 Å². The van der Waals surface area contributed by atoms with Crippen molar-refractivity contribution >= 4 is 5.78 Å². The number of hydrogen-bond donors (Lipinski definition) is 0. The van der Waals surface area contributed by atoms with Crippen LogP contribution in [-0.4, -0.2) is 5.78 Å². The summed E-state index contributed by atoms with van der Waals surface area (Å²) in [6.45, 7) is 3.05. The highest BCUT2D eigenvalue weighted by Crippen LogP contribution is 2.25. The van der Waals surface area contributed by atoms with Crippen LogP contribution in [-0.2, 0) is 4.79 Å². The average Bonchev–Trinajstić information content (AvgIpc) is 1.88. The summed E-state index contributed by atoms with van der Waals surface area (Å²) < 4.78 is 0. The Bertz CT molecular complexity index is 215. The number of nitriles is 2. The molecule has 0 N–H and O–H groups in total. The minimum atomic E-state index is -0.760. The predicted molar refractivity (Wildman–Crippen MR) is 39.2 cm³/mol. The Kier molecular flexibility index (Phi) is 3.27. The van der Waals surface area contributed by atoms with Crippen molar-refractivity contribution in [2.24, 2.45) is 5.41 Å². The van der Waals surface area contributed by atoms with Gasteiger partial charge >= 0.3 is 0 Å². The molecule has 0 unspecified atom stereocenters. The molecule has 0 aromatic rings. The summed E-state index contributed by atoms with van der Waals surface area (Å²) in [5, 5.41) is 16.7. The zero-order chi connectivity index (χ0) is 8.91. The van der Waals surface area contributed by atoms with Crippen molar-refractivity contribution in [2.75, 3.05) is 0 Å². The van der Waals surface area contributed by atoms with E-state index in [0.29, 0.717) is 0 Å². The van der Waals surface area contributed by atoms with Gasteiger partial charge in [0.2, 0.25) is 0 Å². The van der Waals surface area contributed by atoms with E-state index in [1.165, 1.54) is 6.92 Å². The molecule has 0 aliphatic carbocycles. The number of hydrogen-bond acceptors (Lipinski definition) is 3. The number of ketones is 1. The second kappa shape index (κ2) is 3.73. The molecule has 0 heterocycles. The summed E-state index contributed by atoms with van der Waals surface area (Å²) >= 11 is 0. The maximum Gasteiger partial charge on any atom is 0.137 e. The van der Waals surface area contributed by atoms with Gasteiger partial charge in [0.15, 0.2) is 0 Å². The van der Waals surface area contributed by atoms with Crippen LogP contribution in [0.3, 0.4) is 0 Å². The molecule has 3 heteroatoms. The molecule has 0 bridgehead atoms. The van der Waals surface area contributed by atoms with Gasteiger partial charge in [0.25, 0.3) is 0 Å². The fourth-order valence-corrected chi connectivity index (χ4v) is 0.660. The molecule has 0 saturated carbocycles. The first kappa shape index (κ1) is 9.65. The normalized spacial score (nSPS) is 9.82. The Morgan fingerprint density at radius 2 is 1.73 bits per heavy atom. The second-order valence-corrected chi connectivity index (χ2v) is 2.79. The molecular weight excluding hydrogens is 140 g/mol. The molecule has 0 fully saturated rings. The molecule has 0 amide bonds. The molecule has 0 aliphatic heterocycles. The van der Waals surface area contributed by atoms with Gasteiger partial charge in [-0.1, -0.05) is 6.92 Å². The first-order valence-corrected chi connectivity index (χ1v) is 3.32. The molecule has 0 aromatic carbocycles. The lowest BCUT2D eigenvalue weighted by Crippen LogP contribution is -2.24. The van der Waals surface area contributed by atoms with Gasteiger partial charge < -0.3 is 0 Å². The lowest BCUT2D eigenvalue weighted by atomic mass is 9.81. The Balaban J connectivity index is 4.44. The van der Waals surface area contributed by atoms with Crippen molar-refractivity contribution in [1.29, 1.82) is 10.5 Å². The van der Waals surface area contributed by atoms with Crippen molar-refractivity contribution in [3.63, 3.8) is 0 Å². The van der Waals surface area contributed by atoms with Crippen LogP contribution in [0.1, 0.15) is 26.7 Å². The number of nitrogens with zero attached hydrogens (tertiary/aromatic N) is 2. The van der Waals surface area contributed by atoms with Crippen LogP contribution in [0.5, 0.6) is 0 Å². The van der Waals surface area contributed by atoms with E-state index in [0.717, 1.165) is 0 Å². The zero-order valence-corrected chi connectivity index (χ0v) is 6.72. The summed E-state index contributed by atoms with van der Waals surface area (Å²) in [5.41, 5.74) is -0.760. The Hall–Kier alpha value is -1.35. The molecule has 0 aliphatic rings. The third-order valence-corrected chi connectivity index (χ3v) is 1.79. The molecule has 58 valence electrons. The average molecular weight is 150 g/mol. The molecule has 0 atom stereocenters. The fraction of sp³-hybridized carbons (Fsp3) is 0.625. The van der Waals surface area contributed by atoms with Gasteiger partial charge in [-0.05, 0) is 6.92 Å². The first-order chi connectivity index (χ1) is 5.06. The standard InChI is InChI=1S/C8H10N2O/c1-7(11)8(2,3-5-9)4-6-10/h3-4H2,1-2H3. The van der Waals surface area contributed by atoms with Gasteiger partial charge in [0.05, 0.1) is 17.6 Å². The van der Waals surface area contributed by atoms with Gasteiger partial charge in [0, 0.05) is 12.8 Å². The number of rotatable bonds is 3. The molecule has 0 rings (SSSR count). The van der Waals surface area contributed by atoms with Crippen molar-refractivity contribution in [1.82, 2.24) is 0 Å². The number of Topliss-reactive ketones (excluding diaryl/α,β-unsaturated/α-hetero) is 1. The molecule has 0 aromatic heterocycles. The van der Waals surface area contributed by atoms with Gasteiger partial charge in [-0.25, -0.2) is 0 Å². The summed E-state index contributed by atoms with van der Waals surface area (Å²) in [6.07, 6.45) is 0.242. The zero-order valence-electron chi connectivity index (χ0n) is 6.72. The topological polar surface area (TPSA) is 64.7 Å². The van der Waals surface area contributed by atoms with E-state index in [9.17, 15) is 4.79 Å². The quantitative estimate of drug-likeness (QED) is 0.610. The van der Waals surface area contributed by atoms with Crippen LogP contribution in [0, 0.1) is 28.1 Å². The van der Waals surface area contributed by atoms with E-state index >= 15 is 0 Å². The van der Waals surface area contributed by atoms with E-state index in [1.54, 1.807) is 6.92 Å². The largest absolute Gasteiger partial charge is 0.299 e. The van der Waals surface area contributed by atoms with Crippen LogP contribution in [0.25, 0.3) is 0 Å². The minimum absolute atomic E-state index is 0.0967. The van der Waals surface area contributed by atoms with Crippen LogP contribution in [0.15, 0.2) is 0 Å². The van der Waals surface area contributed by atoms with E-state index in [4.69, 9.17) is 10.5 Å². The maximum absolute atomic E-state index is 10.9. The van der Waals surface area contributed by atoms with E-state index in [1.807, 2.05) is 12.1 Å². The summed E-state index contributed by atoms with van der Waals surface area (Å²) in [5.74, 6) is -0.0967. The second-order valence-electron chi connectivity index (χ2n) is 2.79. The number of carbonyl (C=O) groups excluding carboxylic acids is 1. The van der Waals surface area contributed by atoms with Crippen LogP contribution >= 0.6 is 0 Å². The molecule has 0 radical (unpaired) electrons. The highest BCUT2D eigenvalue weighted by Gasteiger charge is 2.29. The Morgan fingerprint density at radius 1 is 1.36 bits per heavy atom. The molecular formula is C8H10N2O.